The second kappa shape index (κ2) is 9.45. The number of hydrogen-bond acceptors (Lipinski definition) is 6. The van der Waals surface area contributed by atoms with Crippen molar-refractivity contribution >= 4 is 23.6 Å². The van der Waals surface area contributed by atoms with Gasteiger partial charge >= 0.3 is 6.09 Å². The summed E-state index contributed by atoms with van der Waals surface area (Å²) in [6.45, 7) is 6.81. The van der Waals surface area contributed by atoms with E-state index in [1.54, 1.807) is 46.0 Å². The third kappa shape index (κ3) is 8.54. The van der Waals surface area contributed by atoms with Crippen molar-refractivity contribution in [2.45, 2.75) is 33.3 Å². The SMILES string of the molecule is CCOc1ncccc1NC(=O)CNC(=O)CNC(=O)OC(C)(C)C. The van der Waals surface area contributed by atoms with Gasteiger partial charge in [-0.25, -0.2) is 9.78 Å². The third-order valence-electron chi connectivity index (χ3n) is 2.56. The van der Waals surface area contributed by atoms with Crippen molar-refractivity contribution in [3.63, 3.8) is 0 Å². The van der Waals surface area contributed by atoms with Crippen LogP contribution in [0.3, 0.4) is 0 Å². The summed E-state index contributed by atoms with van der Waals surface area (Å²) < 4.78 is 10.3. The fourth-order valence-corrected chi connectivity index (χ4v) is 1.64. The number of pyridine rings is 1. The maximum Gasteiger partial charge on any atom is 0.408 e. The predicted octanol–water partition coefficient (Wildman–Crippen LogP) is 1.06. The van der Waals surface area contributed by atoms with Crippen LogP contribution < -0.4 is 20.7 Å². The van der Waals surface area contributed by atoms with Gasteiger partial charge in [-0.2, -0.15) is 0 Å². The van der Waals surface area contributed by atoms with Crippen LogP contribution in [0.2, 0.25) is 0 Å². The first-order valence-corrected chi connectivity index (χ1v) is 7.82. The first-order valence-electron chi connectivity index (χ1n) is 7.82. The van der Waals surface area contributed by atoms with E-state index in [4.69, 9.17) is 9.47 Å². The van der Waals surface area contributed by atoms with Gasteiger partial charge in [0.1, 0.15) is 17.8 Å². The molecule has 3 amide bonds. The number of aromatic nitrogens is 1. The van der Waals surface area contributed by atoms with Crippen LogP contribution in [0, 0.1) is 0 Å². The average Bonchev–Trinajstić information content (AvgIpc) is 2.51. The number of ether oxygens (including phenoxy) is 2. The molecular weight excluding hydrogens is 328 g/mol. The smallest absolute Gasteiger partial charge is 0.408 e. The molecular formula is C16H24N4O5. The molecule has 1 heterocycles. The number of rotatable bonds is 7. The molecule has 0 radical (unpaired) electrons. The third-order valence-corrected chi connectivity index (χ3v) is 2.56. The fraction of sp³-hybridized carbons (Fsp3) is 0.500. The summed E-state index contributed by atoms with van der Waals surface area (Å²) in [4.78, 5) is 39.0. The van der Waals surface area contributed by atoms with Crippen molar-refractivity contribution in [2.75, 3.05) is 25.0 Å². The molecule has 0 aromatic carbocycles. The summed E-state index contributed by atoms with van der Waals surface area (Å²) in [6, 6.07) is 3.29. The van der Waals surface area contributed by atoms with Crippen LogP contribution in [-0.4, -0.2) is 48.2 Å². The normalized spacial score (nSPS) is 10.6. The Morgan fingerprint density at radius 1 is 1.12 bits per heavy atom. The van der Waals surface area contributed by atoms with Crippen molar-refractivity contribution in [3.8, 4) is 5.88 Å². The van der Waals surface area contributed by atoms with Gasteiger partial charge in [-0.15, -0.1) is 0 Å². The Hall–Kier alpha value is -2.84. The number of hydrogen-bond donors (Lipinski definition) is 3. The minimum atomic E-state index is -0.705. The van der Waals surface area contributed by atoms with E-state index < -0.39 is 23.5 Å². The summed E-state index contributed by atoms with van der Waals surface area (Å²) >= 11 is 0. The van der Waals surface area contributed by atoms with Gasteiger partial charge in [0.2, 0.25) is 17.7 Å². The van der Waals surface area contributed by atoms with Crippen LogP contribution in [0.15, 0.2) is 18.3 Å². The molecule has 138 valence electrons. The van der Waals surface area contributed by atoms with Crippen LogP contribution in [0.25, 0.3) is 0 Å². The Morgan fingerprint density at radius 3 is 2.44 bits per heavy atom. The lowest BCUT2D eigenvalue weighted by molar-refractivity contribution is -0.123. The molecule has 0 bridgehead atoms. The zero-order valence-electron chi connectivity index (χ0n) is 14.8. The molecule has 0 aliphatic carbocycles. The van der Waals surface area contributed by atoms with Gasteiger partial charge in [0.25, 0.3) is 0 Å². The Labute approximate surface area is 146 Å². The predicted molar refractivity (Wildman–Crippen MR) is 91.3 cm³/mol. The second-order valence-electron chi connectivity index (χ2n) is 5.97. The van der Waals surface area contributed by atoms with Crippen LogP contribution in [0.1, 0.15) is 27.7 Å². The highest BCUT2D eigenvalue weighted by molar-refractivity contribution is 5.95. The minimum Gasteiger partial charge on any atom is -0.476 e. The second-order valence-corrected chi connectivity index (χ2v) is 5.97. The van der Waals surface area contributed by atoms with Crippen LogP contribution >= 0.6 is 0 Å². The van der Waals surface area contributed by atoms with Crippen molar-refractivity contribution < 1.29 is 23.9 Å². The maximum atomic E-state index is 11.9. The molecule has 3 N–H and O–H groups in total. The molecule has 0 aliphatic rings. The molecule has 25 heavy (non-hydrogen) atoms. The Kier molecular flexibility index (Phi) is 7.64. The quantitative estimate of drug-likeness (QED) is 0.675. The highest BCUT2D eigenvalue weighted by Crippen LogP contribution is 2.19. The lowest BCUT2D eigenvalue weighted by Crippen LogP contribution is -2.41. The molecule has 9 nitrogen and oxygen atoms in total. The Balaban J connectivity index is 2.37. The highest BCUT2D eigenvalue weighted by Gasteiger charge is 2.17. The molecule has 0 aliphatic heterocycles. The van der Waals surface area contributed by atoms with Crippen LogP contribution in [-0.2, 0) is 14.3 Å². The summed E-state index contributed by atoms with van der Waals surface area (Å²) in [5.74, 6) is -0.659. The van der Waals surface area contributed by atoms with Crippen LogP contribution in [0.4, 0.5) is 10.5 Å². The maximum absolute atomic E-state index is 11.9. The number of alkyl carbamates (subject to hydrolysis) is 1. The summed E-state index contributed by atoms with van der Waals surface area (Å²) in [7, 11) is 0. The number of nitrogens with one attached hydrogen (secondary N) is 3. The largest absolute Gasteiger partial charge is 0.476 e. The zero-order chi connectivity index (χ0) is 18.9. The van der Waals surface area contributed by atoms with Crippen molar-refractivity contribution in [1.82, 2.24) is 15.6 Å². The van der Waals surface area contributed by atoms with Crippen molar-refractivity contribution in [2.24, 2.45) is 0 Å². The van der Waals surface area contributed by atoms with Gasteiger partial charge in [0.15, 0.2) is 0 Å². The molecule has 1 aromatic heterocycles. The Bertz CT molecular complexity index is 613. The van der Waals surface area contributed by atoms with E-state index in [0.29, 0.717) is 18.2 Å². The first-order chi connectivity index (χ1) is 11.7. The molecule has 1 rings (SSSR count). The van der Waals surface area contributed by atoms with E-state index in [9.17, 15) is 14.4 Å². The van der Waals surface area contributed by atoms with Gasteiger partial charge in [-0.05, 0) is 39.8 Å². The van der Waals surface area contributed by atoms with Gasteiger partial charge in [-0.1, -0.05) is 0 Å². The molecule has 0 saturated heterocycles. The minimum absolute atomic E-state index is 0.255. The number of carbonyl (C=O) groups is 3. The van der Waals surface area contributed by atoms with Crippen molar-refractivity contribution in [3.05, 3.63) is 18.3 Å². The zero-order valence-corrected chi connectivity index (χ0v) is 14.8. The summed E-state index contributed by atoms with van der Waals surface area (Å²) in [5.41, 5.74) is -0.238. The number of carbonyl (C=O) groups excluding carboxylic acids is 3. The van der Waals surface area contributed by atoms with E-state index in [-0.39, 0.29) is 13.1 Å². The van der Waals surface area contributed by atoms with Crippen molar-refractivity contribution in [1.29, 1.82) is 0 Å². The molecule has 0 atom stereocenters. The first kappa shape index (κ1) is 20.2. The summed E-state index contributed by atoms with van der Waals surface area (Å²) in [6.07, 6.45) is 0.842. The molecule has 0 fully saturated rings. The van der Waals surface area contributed by atoms with Crippen LogP contribution in [0.5, 0.6) is 5.88 Å². The molecule has 0 unspecified atom stereocenters. The van der Waals surface area contributed by atoms with E-state index >= 15 is 0 Å². The fourth-order valence-electron chi connectivity index (χ4n) is 1.64. The molecule has 0 saturated carbocycles. The summed E-state index contributed by atoms with van der Waals surface area (Å²) in [5, 5.41) is 7.29. The molecule has 1 aromatic rings. The standard InChI is InChI=1S/C16H24N4O5/c1-5-24-14-11(7-6-8-17-14)20-13(22)10-18-12(21)9-19-15(23)25-16(2,3)4/h6-8H,5,9-10H2,1-4H3,(H,18,21)(H,19,23)(H,20,22). The van der Waals surface area contributed by atoms with E-state index in [1.807, 2.05) is 0 Å². The average molecular weight is 352 g/mol. The molecule has 9 heteroatoms. The van der Waals surface area contributed by atoms with Gasteiger partial charge in [0, 0.05) is 6.20 Å². The lowest BCUT2D eigenvalue weighted by Gasteiger charge is -2.19. The van der Waals surface area contributed by atoms with E-state index in [0.717, 1.165) is 0 Å². The molecule has 0 spiro atoms. The van der Waals surface area contributed by atoms with E-state index in [2.05, 4.69) is 20.9 Å². The number of anilines is 1. The van der Waals surface area contributed by atoms with Gasteiger partial charge < -0.3 is 25.4 Å². The number of amides is 3. The number of nitrogens with zero attached hydrogens (tertiary/aromatic N) is 1. The van der Waals surface area contributed by atoms with Gasteiger partial charge in [-0.3, -0.25) is 9.59 Å². The lowest BCUT2D eigenvalue weighted by atomic mass is 10.2. The Morgan fingerprint density at radius 2 is 1.80 bits per heavy atom. The topological polar surface area (TPSA) is 119 Å². The monoisotopic (exact) mass is 352 g/mol. The van der Waals surface area contributed by atoms with Gasteiger partial charge in [0.05, 0.1) is 13.2 Å². The van der Waals surface area contributed by atoms with E-state index in [1.165, 1.54) is 0 Å². The highest BCUT2D eigenvalue weighted by atomic mass is 16.6.